The van der Waals surface area contributed by atoms with Gasteiger partial charge in [-0.05, 0) is 49.7 Å². The van der Waals surface area contributed by atoms with E-state index in [1.165, 1.54) is 12.1 Å². The van der Waals surface area contributed by atoms with E-state index in [4.69, 9.17) is 0 Å². The highest BCUT2D eigenvalue weighted by molar-refractivity contribution is 5.91. The van der Waals surface area contributed by atoms with Crippen LogP contribution in [0.1, 0.15) is 21.7 Å². The van der Waals surface area contributed by atoms with Crippen LogP contribution in [0.4, 0.5) is 16.0 Å². The van der Waals surface area contributed by atoms with E-state index in [2.05, 4.69) is 20.3 Å². The number of hydrogen-bond acceptors (Lipinski definition) is 4. The molecule has 7 heteroatoms. The van der Waals surface area contributed by atoms with Gasteiger partial charge in [0.05, 0.1) is 5.69 Å². The van der Waals surface area contributed by atoms with Crippen LogP contribution in [0.2, 0.25) is 0 Å². The van der Waals surface area contributed by atoms with E-state index in [1.807, 2.05) is 0 Å². The number of carboxylic acid groups (broad SMARTS) is 1. The molecule has 0 unspecified atom stereocenters. The number of nitrogens with zero attached hydrogens (tertiary/aromatic N) is 2. The molecule has 3 N–H and O–H groups in total. The maximum atomic E-state index is 13.0. The fourth-order valence-electron chi connectivity index (χ4n) is 2.57. The van der Waals surface area contributed by atoms with E-state index in [-0.39, 0.29) is 11.5 Å². The normalized spacial score (nSPS) is 10.6. The third-order valence-corrected chi connectivity index (χ3v) is 3.66. The standard InChI is InChI=1S/C17H15FN4O2/c1-9-14(10(2)20-15(9)16(23)24)13-7-8-19-17(22-13)21-12-5-3-11(18)4-6-12/h3-8,20H,1-2H3,(H,23,24)(H,19,21,22). The number of carbonyl (C=O) groups is 1. The average Bonchev–Trinajstić information content (AvgIpc) is 2.85. The first kappa shape index (κ1) is 15.7. The molecule has 6 nitrogen and oxygen atoms in total. The van der Waals surface area contributed by atoms with Gasteiger partial charge in [0.25, 0.3) is 0 Å². The molecular formula is C17H15FN4O2. The van der Waals surface area contributed by atoms with Crippen LogP contribution < -0.4 is 5.32 Å². The number of aromatic amines is 1. The zero-order valence-corrected chi connectivity index (χ0v) is 13.1. The second-order valence-corrected chi connectivity index (χ2v) is 5.33. The molecule has 2 aromatic heterocycles. The summed E-state index contributed by atoms with van der Waals surface area (Å²) in [6, 6.07) is 7.56. The predicted molar refractivity (Wildman–Crippen MR) is 87.9 cm³/mol. The summed E-state index contributed by atoms with van der Waals surface area (Å²) in [5, 5.41) is 12.2. The van der Waals surface area contributed by atoms with Crippen molar-refractivity contribution < 1.29 is 14.3 Å². The molecular weight excluding hydrogens is 311 g/mol. The van der Waals surface area contributed by atoms with Gasteiger partial charge in [0.2, 0.25) is 5.95 Å². The van der Waals surface area contributed by atoms with Gasteiger partial charge in [-0.25, -0.2) is 19.2 Å². The number of hydrogen-bond donors (Lipinski definition) is 3. The Morgan fingerprint density at radius 1 is 1.21 bits per heavy atom. The van der Waals surface area contributed by atoms with E-state index in [1.54, 1.807) is 38.2 Å². The van der Waals surface area contributed by atoms with Gasteiger partial charge < -0.3 is 15.4 Å². The van der Waals surface area contributed by atoms with Crippen LogP contribution in [0.3, 0.4) is 0 Å². The summed E-state index contributed by atoms with van der Waals surface area (Å²) < 4.78 is 13.0. The van der Waals surface area contributed by atoms with Crippen LogP contribution in [-0.4, -0.2) is 26.0 Å². The SMILES string of the molecule is Cc1[nH]c(C(=O)O)c(C)c1-c1ccnc(Nc2ccc(F)cc2)n1. The van der Waals surface area contributed by atoms with Crippen molar-refractivity contribution in [2.45, 2.75) is 13.8 Å². The van der Waals surface area contributed by atoms with E-state index in [9.17, 15) is 14.3 Å². The maximum absolute atomic E-state index is 13.0. The van der Waals surface area contributed by atoms with Crippen molar-refractivity contribution in [1.82, 2.24) is 15.0 Å². The van der Waals surface area contributed by atoms with Crippen molar-refractivity contribution in [3.8, 4) is 11.3 Å². The number of rotatable bonds is 4. The van der Waals surface area contributed by atoms with Crippen molar-refractivity contribution >= 4 is 17.6 Å². The molecule has 0 spiro atoms. The summed E-state index contributed by atoms with van der Waals surface area (Å²) in [6.45, 7) is 3.53. The number of nitrogens with one attached hydrogen (secondary N) is 2. The summed E-state index contributed by atoms with van der Waals surface area (Å²) in [5.74, 6) is -0.994. The second-order valence-electron chi connectivity index (χ2n) is 5.33. The highest BCUT2D eigenvalue weighted by atomic mass is 19.1. The minimum absolute atomic E-state index is 0.147. The third-order valence-electron chi connectivity index (χ3n) is 3.66. The van der Waals surface area contributed by atoms with Crippen molar-refractivity contribution in [3.63, 3.8) is 0 Å². The Balaban J connectivity index is 1.96. The topological polar surface area (TPSA) is 90.9 Å². The van der Waals surface area contributed by atoms with E-state index < -0.39 is 5.97 Å². The fourth-order valence-corrected chi connectivity index (χ4v) is 2.57. The van der Waals surface area contributed by atoms with Crippen molar-refractivity contribution in [2.24, 2.45) is 0 Å². The number of aromatic nitrogens is 3. The molecule has 2 heterocycles. The van der Waals surface area contributed by atoms with Crippen LogP contribution >= 0.6 is 0 Å². The molecule has 0 bridgehead atoms. The number of carboxylic acids is 1. The molecule has 0 saturated heterocycles. The lowest BCUT2D eigenvalue weighted by Gasteiger charge is -2.07. The lowest BCUT2D eigenvalue weighted by atomic mass is 10.1. The Kier molecular flexibility index (Phi) is 3.99. The summed E-state index contributed by atoms with van der Waals surface area (Å²) in [5.41, 5.74) is 3.48. The number of benzene rings is 1. The third kappa shape index (κ3) is 2.96. The summed E-state index contributed by atoms with van der Waals surface area (Å²) in [7, 11) is 0. The lowest BCUT2D eigenvalue weighted by Crippen LogP contribution is -2.00. The van der Waals surface area contributed by atoms with Gasteiger partial charge in [-0.3, -0.25) is 0 Å². The van der Waals surface area contributed by atoms with Crippen LogP contribution in [-0.2, 0) is 0 Å². The average molecular weight is 326 g/mol. The van der Waals surface area contributed by atoms with Gasteiger partial charge in [-0.1, -0.05) is 0 Å². The highest BCUT2D eigenvalue weighted by Gasteiger charge is 2.18. The zero-order valence-electron chi connectivity index (χ0n) is 13.1. The Bertz CT molecular complexity index is 903. The first-order valence-corrected chi connectivity index (χ1v) is 7.24. The quantitative estimate of drug-likeness (QED) is 0.680. The molecule has 122 valence electrons. The minimum Gasteiger partial charge on any atom is -0.477 e. The number of halogens is 1. The van der Waals surface area contributed by atoms with Crippen molar-refractivity contribution in [1.29, 1.82) is 0 Å². The van der Waals surface area contributed by atoms with Crippen molar-refractivity contribution in [2.75, 3.05) is 5.32 Å². The van der Waals surface area contributed by atoms with E-state index in [0.29, 0.717) is 22.9 Å². The predicted octanol–water partition coefficient (Wildman–Crippen LogP) is 3.67. The molecule has 0 aliphatic carbocycles. The van der Waals surface area contributed by atoms with Gasteiger partial charge in [0.15, 0.2) is 0 Å². The first-order valence-electron chi connectivity index (χ1n) is 7.24. The Labute approximate surface area is 137 Å². The van der Waals surface area contributed by atoms with Gasteiger partial charge >= 0.3 is 5.97 Å². The summed E-state index contributed by atoms with van der Waals surface area (Å²) in [4.78, 5) is 22.7. The van der Waals surface area contributed by atoms with Gasteiger partial charge in [-0.2, -0.15) is 0 Å². The molecule has 0 fully saturated rings. The zero-order chi connectivity index (χ0) is 17.3. The monoisotopic (exact) mass is 326 g/mol. The van der Waals surface area contributed by atoms with Crippen molar-refractivity contribution in [3.05, 3.63) is 59.3 Å². The molecule has 0 aliphatic rings. The molecule has 0 atom stereocenters. The minimum atomic E-state index is -1.01. The number of anilines is 2. The van der Waals surface area contributed by atoms with Gasteiger partial charge in [0, 0.05) is 23.1 Å². The van der Waals surface area contributed by atoms with E-state index in [0.717, 1.165) is 11.3 Å². The Morgan fingerprint density at radius 2 is 1.92 bits per heavy atom. The lowest BCUT2D eigenvalue weighted by molar-refractivity contribution is 0.0690. The van der Waals surface area contributed by atoms with Gasteiger partial charge in [-0.15, -0.1) is 0 Å². The van der Waals surface area contributed by atoms with Crippen LogP contribution in [0.15, 0.2) is 36.5 Å². The smallest absolute Gasteiger partial charge is 0.352 e. The second kappa shape index (κ2) is 6.11. The summed E-state index contributed by atoms with van der Waals surface area (Å²) in [6.07, 6.45) is 1.58. The van der Waals surface area contributed by atoms with Crippen LogP contribution in [0, 0.1) is 19.7 Å². The Hall–Kier alpha value is -3.22. The summed E-state index contributed by atoms with van der Waals surface area (Å²) >= 11 is 0. The Morgan fingerprint density at radius 3 is 2.54 bits per heavy atom. The van der Waals surface area contributed by atoms with E-state index >= 15 is 0 Å². The first-order chi connectivity index (χ1) is 11.5. The fraction of sp³-hybridized carbons (Fsp3) is 0.118. The highest BCUT2D eigenvalue weighted by Crippen LogP contribution is 2.28. The number of aryl methyl sites for hydroxylation is 1. The largest absolute Gasteiger partial charge is 0.477 e. The van der Waals surface area contributed by atoms with Crippen LogP contribution in [0.5, 0.6) is 0 Å². The van der Waals surface area contributed by atoms with Gasteiger partial charge in [0.1, 0.15) is 11.5 Å². The molecule has 0 amide bonds. The molecule has 0 aliphatic heterocycles. The number of aromatic carboxylic acids is 1. The molecule has 24 heavy (non-hydrogen) atoms. The molecule has 3 aromatic rings. The molecule has 0 radical (unpaired) electrons. The molecule has 1 aromatic carbocycles. The number of H-pyrrole nitrogens is 1. The van der Waals surface area contributed by atoms with Crippen LogP contribution in [0.25, 0.3) is 11.3 Å². The molecule has 0 saturated carbocycles. The molecule has 3 rings (SSSR count). The maximum Gasteiger partial charge on any atom is 0.352 e.